The molecule has 0 fully saturated rings. The van der Waals surface area contributed by atoms with Crippen LogP contribution in [0, 0.1) is 0 Å². The maximum atomic E-state index is 13.1. The number of pyridine rings is 1. The van der Waals surface area contributed by atoms with Gasteiger partial charge in [0.15, 0.2) is 0 Å². The number of benzene rings is 3. The smallest absolute Gasteiger partial charge is 0.232 e. The lowest BCUT2D eigenvalue weighted by molar-refractivity contribution is -0.117. The molecule has 1 unspecified atom stereocenters. The van der Waals surface area contributed by atoms with E-state index in [0.29, 0.717) is 6.42 Å². The fraction of sp³-hybridized carbons (Fsp3) is 0.0833. The third kappa shape index (κ3) is 4.04. The van der Waals surface area contributed by atoms with Gasteiger partial charge in [-0.1, -0.05) is 60.7 Å². The van der Waals surface area contributed by atoms with Crippen molar-refractivity contribution in [1.29, 1.82) is 0 Å². The standard InChI is InChI=1S/C24H20N2O/c27-24(26-22-11-10-19-8-4-5-9-21(19)17-22)23(20-12-14-25-15-13-20)16-18-6-2-1-3-7-18/h1-15,17,23H,16H2,(H,26,27). The Bertz CT molecular complexity index is 1050. The molecule has 132 valence electrons. The summed E-state index contributed by atoms with van der Waals surface area (Å²) in [6.45, 7) is 0. The number of hydrogen-bond acceptors (Lipinski definition) is 2. The van der Waals surface area contributed by atoms with Crippen LogP contribution in [0.2, 0.25) is 0 Å². The average molecular weight is 352 g/mol. The van der Waals surface area contributed by atoms with Gasteiger partial charge in [-0.3, -0.25) is 9.78 Å². The van der Waals surface area contributed by atoms with E-state index in [1.165, 1.54) is 0 Å². The van der Waals surface area contributed by atoms with Crippen LogP contribution < -0.4 is 5.32 Å². The van der Waals surface area contributed by atoms with E-state index in [0.717, 1.165) is 27.6 Å². The van der Waals surface area contributed by atoms with E-state index in [9.17, 15) is 4.79 Å². The molecule has 0 bridgehead atoms. The van der Waals surface area contributed by atoms with E-state index in [4.69, 9.17) is 0 Å². The van der Waals surface area contributed by atoms with Crippen molar-refractivity contribution in [2.75, 3.05) is 5.32 Å². The van der Waals surface area contributed by atoms with E-state index in [1.807, 2.05) is 60.7 Å². The van der Waals surface area contributed by atoms with E-state index >= 15 is 0 Å². The lowest BCUT2D eigenvalue weighted by atomic mass is 9.91. The topological polar surface area (TPSA) is 42.0 Å². The van der Waals surface area contributed by atoms with E-state index in [-0.39, 0.29) is 11.8 Å². The number of hydrogen-bond donors (Lipinski definition) is 1. The molecule has 3 nitrogen and oxygen atoms in total. The highest BCUT2D eigenvalue weighted by Gasteiger charge is 2.21. The SMILES string of the molecule is O=C(Nc1ccc2ccccc2c1)C(Cc1ccccc1)c1ccncc1. The molecule has 4 rings (SSSR count). The zero-order chi connectivity index (χ0) is 18.5. The summed E-state index contributed by atoms with van der Waals surface area (Å²) in [5, 5.41) is 5.36. The molecule has 0 radical (unpaired) electrons. The summed E-state index contributed by atoms with van der Waals surface area (Å²) in [7, 11) is 0. The Balaban J connectivity index is 1.61. The van der Waals surface area contributed by atoms with Crippen molar-refractivity contribution < 1.29 is 4.79 Å². The first-order valence-corrected chi connectivity index (χ1v) is 9.03. The van der Waals surface area contributed by atoms with Crippen molar-refractivity contribution >= 4 is 22.4 Å². The summed E-state index contributed by atoms with van der Waals surface area (Å²) in [6.07, 6.45) is 4.11. The Labute approximate surface area is 158 Å². The Morgan fingerprint density at radius 3 is 2.30 bits per heavy atom. The van der Waals surface area contributed by atoms with Gasteiger partial charge in [0.25, 0.3) is 0 Å². The Morgan fingerprint density at radius 1 is 0.815 bits per heavy atom. The number of fused-ring (bicyclic) bond motifs is 1. The largest absolute Gasteiger partial charge is 0.326 e. The summed E-state index contributed by atoms with van der Waals surface area (Å²) in [5.74, 6) is -0.290. The third-order valence-electron chi connectivity index (χ3n) is 4.72. The molecular weight excluding hydrogens is 332 g/mol. The van der Waals surface area contributed by atoms with Crippen LogP contribution >= 0.6 is 0 Å². The van der Waals surface area contributed by atoms with Crippen molar-refractivity contribution in [3.8, 4) is 0 Å². The molecule has 1 N–H and O–H groups in total. The van der Waals surface area contributed by atoms with Crippen LogP contribution in [0.15, 0.2) is 97.3 Å². The van der Waals surface area contributed by atoms with E-state index < -0.39 is 0 Å². The van der Waals surface area contributed by atoms with Crippen LogP contribution in [0.1, 0.15) is 17.0 Å². The highest BCUT2D eigenvalue weighted by atomic mass is 16.1. The molecule has 0 saturated carbocycles. The number of carbonyl (C=O) groups excluding carboxylic acids is 1. The van der Waals surface area contributed by atoms with Gasteiger partial charge in [-0.2, -0.15) is 0 Å². The molecule has 1 amide bonds. The first kappa shape index (κ1) is 17.0. The van der Waals surface area contributed by atoms with E-state index in [2.05, 4.69) is 34.6 Å². The minimum absolute atomic E-state index is 0.0136. The number of nitrogens with zero attached hydrogens (tertiary/aromatic N) is 1. The number of anilines is 1. The molecule has 0 saturated heterocycles. The first-order chi connectivity index (χ1) is 13.3. The predicted molar refractivity (Wildman–Crippen MR) is 110 cm³/mol. The third-order valence-corrected chi connectivity index (χ3v) is 4.72. The van der Waals surface area contributed by atoms with Crippen molar-refractivity contribution in [2.24, 2.45) is 0 Å². The van der Waals surface area contributed by atoms with Gasteiger partial charge in [0, 0.05) is 18.1 Å². The van der Waals surface area contributed by atoms with Gasteiger partial charge in [-0.25, -0.2) is 0 Å². The maximum Gasteiger partial charge on any atom is 0.232 e. The second-order valence-corrected chi connectivity index (χ2v) is 6.57. The lowest BCUT2D eigenvalue weighted by Gasteiger charge is -2.18. The molecule has 0 aliphatic rings. The number of rotatable bonds is 5. The Morgan fingerprint density at radius 2 is 1.52 bits per heavy atom. The molecule has 1 heterocycles. The maximum absolute atomic E-state index is 13.1. The van der Waals surface area contributed by atoms with Gasteiger partial charge >= 0.3 is 0 Å². The van der Waals surface area contributed by atoms with Crippen molar-refractivity contribution in [3.05, 3.63) is 108 Å². The van der Waals surface area contributed by atoms with E-state index in [1.54, 1.807) is 12.4 Å². The fourth-order valence-corrected chi connectivity index (χ4v) is 3.30. The Hall–Kier alpha value is -3.46. The molecular formula is C24H20N2O. The average Bonchev–Trinajstić information content (AvgIpc) is 2.73. The number of nitrogens with one attached hydrogen (secondary N) is 1. The van der Waals surface area contributed by atoms with Crippen LogP contribution in [-0.2, 0) is 11.2 Å². The summed E-state index contributed by atoms with van der Waals surface area (Å²) in [6, 6.07) is 28.0. The number of aromatic nitrogens is 1. The van der Waals surface area contributed by atoms with Crippen LogP contribution in [-0.4, -0.2) is 10.9 Å². The molecule has 0 aliphatic carbocycles. The highest BCUT2D eigenvalue weighted by molar-refractivity contribution is 5.98. The molecule has 0 aliphatic heterocycles. The quantitative estimate of drug-likeness (QED) is 0.536. The second-order valence-electron chi connectivity index (χ2n) is 6.57. The normalized spacial score (nSPS) is 11.9. The van der Waals surface area contributed by atoms with Gasteiger partial charge in [0.2, 0.25) is 5.91 Å². The van der Waals surface area contributed by atoms with Gasteiger partial charge < -0.3 is 5.32 Å². The predicted octanol–water partition coefficient (Wildman–Crippen LogP) is 5.20. The summed E-state index contributed by atoms with van der Waals surface area (Å²) < 4.78 is 0. The van der Waals surface area contributed by atoms with Crippen LogP contribution in [0.5, 0.6) is 0 Å². The lowest BCUT2D eigenvalue weighted by Crippen LogP contribution is -2.23. The highest BCUT2D eigenvalue weighted by Crippen LogP contribution is 2.24. The molecule has 3 heteroatoms. The molecule has 27 heavy (non-hydrogen) atoms. The Kier molecular flexibility index (Phi) is 4.93. The molecule has 1 atom stereocenters. The summed E-state index contributed by atoms with van der Waals surface area (Å²) >= 11 is 0. The van der Waals surface area contributed by atoms with Crippen LogP contribution in [0.3, 0.4) is 0 Å². The first-order valence-electron chi connectivity index (χ1n) is 9.03. The fourth-order valence-electron chi connectivity index (χ4n) is 3.30. The van der Waals surface area contributed by atoms with Crippen LogP contribution in [0.4, 0.5) is 5.69 Å². The van der Waals surface area contributed by atoms with Gasteiger partial charge in [0.05, 0.1) is 5.92 Å². The number of carbonyl (C=O) groups is 1. The van der Waals surface area contributed by atoms with Crippen molar-refractivity contribution in [3.63, 3.8) is 0 Å². The summed E-state index contributed by atoms with van der Waals surface area (Å²) in [4.78, 5) is 17.2. The van der Waals surface area contributed by atoms with Gasteiger partial charge in [0.1, 0.15) is 0 Å². The van der Waals surface area contributed by atoms with Gasteiger partial charge in [-0.15, -0.1) is 0 Å². The zero-order valence-electron chi connectivity index (χ0n) is 14.9. The molecule has 1 aromatic heterocycles. The van der Waals surface area contributed by atoms with Gasteiger partial charge in [-0.05, 0) is 52.6 Å². The number of amides is 1. The minimum Gasteiger partial charge on any atom is -0.326 e. The summed E-state index contributed by atoms with van der Waals surface area (Å²) in [5.41, 5.74) is 2.91. The monoisotopic (exact) mass is 352 g/mol. The molecule has 4 aromatic rings. The van der Waals surface area contributed by atoms with Crippen molar-refractivity contribution in [1.82, 2.24) is 4.98 Å². The second kappa shape index (κ2) is 7.83. The van der Waals surface area contributed by atoms with Crippen molar-refractivity contribution in [2.45, 2.75) is 12.3 Å². The van der Waals surface area contributed by atoms with Crippen LogP contribution in [0.25, 0.3) is 10.8 Å². The molecule has 3 aromatic carbocycles. The molecule has 0 spiro atoms. The zero-order valence-corrected chi connectivity index (χ0v) is 14.9. The minimum atomic E-state index is -0.276.